The van der Waals surface area contributed by atoms with Crippen molar-refractivity contribution >= 4 is 0 Å². The first kappa shape index (κ1) is 11.4. The molecule has 2 fully saturated rings. The van der Waals surface area contributed by atoms with Crippen LogP contribution in [0, 0.1) is 0 Å². The van der Waals surface area contributed by atoms with Gasteiger partial charge in [0.25, 0.3) is 0 Å². The van der Waals surface area contributed by atoms with Crippen molar-refractivity contribution in [2.45, 2.75) is 76.4 Å². The molecule has 1 aliphatic heterocycles. The molecule has 0 radical (unpaired) electrons. The predicted molar refractivity (Wildman–Crippen MR) is 64.9 cm³/mol. The first-order valence-corrected chi connectivity index (χ1v) is 6.69. The minimum absolute atomic E-state index is 0.209. The molecule has 1 saturated heterocycles. The van der Waals surface area contributed by atoms with Crippen molar-refractivity contribution in [2.24, 2.45) is 5.73 Å². The van der Waals surface area contributed by atoms with Gasteiger partial charge in [0, 0.05) is 24.2 Å². The van der Waals surface area contributed by atoms with Gasteiger partial charge in [-0.05, 0) is 51.9 Å². The maximum Gasteiger partial charge on any atom is 0.0166 e. The van der Waals surface area contributed by atoms with Crippen LogP contribution >= 0.6 is 0 Å². The minimum Gasteiger partial charge on any atom is -0.325 e. The summed E-state index contributed by atoms with van der Waals surface area (Å²) in [7, 11) is 0. The normalized spacial score (nSPS) is 35.4. The Kier molecular flexibility index (Phi) is 3.36. The molecule has 2 aliphatic rings. The summed E-state index contributed by atoms with van der Waals surface area (Å²) in [5.41, 5.74) is 6.50. The van der Waals surface area contributed by atoms with Crippen LogP contribution in [0.15, 0.2) is 0 Å². The van der Waals surface area contributed by atoms with Crippen LogP contribution in [0.1, 0.15) is 58.8 Å². The zero-order chi connectivity index (χ0) is 10.9. The Morgan fingerprint density at radius 3 is 2.60 bits per heavy atom. The molecule has 1 saturated carbocycles. The number of rotatable bonds is 4. The van der Waals surface area contributed by atoms with Crippen LogP contribution in [-0.2, 0) is 0 Å². The number of hydrogen-bond donors (Lipinski definition) is 1. The highest BCUT2D eigenvalue weighted by Gasteiger charge is 2.35. The van der Waals surface area contributed by atoms with Gasteiger partial charge in [0.1, 0.15) is 0 Å². The van der Waals surface area contributed by atoms with Gasteiger partial charge in [0.05, 0.1) is 0 Å². The molecule has 15 heavy (non-hydrogen) atoms. The molecule has 2 heteroatoms. The summed E-state index contributed by atoms with van der Waals surface area (Å²) in [4.78, 5) is 2.70. The van der Waals surface area contributed by atoms with E-state index in [1.54, 1.807) is 0 Å². The van der Waals surface area contributed by atoms with Gasteiger partial charge in [-0.1, -0.05) is 6.92 Å². The zero-order valence-corrected chi connectivity index (χ0v) is 10.3. The molecule has 1 heterocycles. The van der Waals surface area contributed by atoms with Gasteiger partial charge in [-0.2, -0.15) is 0 Å². The molecule has 2 rings (SSSR count). The quantitative estimate of drug-likeness (QED) is 0.772. The fourth-order valence-corrected chi connectivity index (χ4v) is 3.20. The van der Waals surface area contributed by atoms with Crippen LogP contribution in [0.25, 0.3) is 0 Å². The lowest BCUT2D eigenvalue weighted by atomic mass is 9.75. The standard InChI is InChI=1S/C13H26N2/c1-3-12-6-5-11(2)15(12)10-9-13(14)7-4-8-13/h11-12H,3-10,14H2,1-2H3. The molecule has 0 bridgehead atoms. The van der Waals surface area contributed by atoms with Crippen LogP contribution in [0.3, 0.4) is 0 Å². The van der Waals surface area contributed by atoms with Crippen molar-refractivity contribution in [3.63, 3.8) is 0 Å². The van der Waals surface area contributed by atoms with Crippen LogP contribution in [-0.4, -0.2) is 29.1 Å². The van der Waals surface area contributed by atoms with E-state index in [1.165, 1.54) is 51.5 Å². The molecule has 2 atom stereocenters. The molecule has 2 unspecified atom stereocenters. The fourth-order valence-electron chi connectivity index (χ4n) is 3.20. The lowest BCUT2D eigenvalue weighted by Crippen LogP contribution is -2.49. The number of nitrogens with two attached hydrogens (primary N) is 1. The monoisotopic (exact) mass is 210 g/mol. The Morgan fingerprint density at radius 2 is 2.07 bits per heavy atom. The Morgan fingerprint density at radius 1 is 1.33 bits per heavy atom. The molecule has 1 aliphatic carbocycles. The summed E-state index contributed by atoms with van der Waals surface area (Å²) in [6.07, 6.45) is 9.17. The van der Waals surface area contributed by atoms with Crippen molar-refractivity contribution in [1.82, 2.24) is 4.90 Å². The number of likely N-dealkylation sites (tertiary alicyclic amines) is 1. The Bertz CT molecular complexity index is 211. The Labute approximate surface area is 94.2 Å². The van der Waals surface area contributed by atoms with E-state index < -0.39 is 0 Å². The highest BCUT2D eigenvalue weighted by molar-refractivity contribution is 4.94. The van der Waals surface area contributed by atoms with E-state index in [1.807, 2.05) is 0 Å². The fraction of sp³-hybridized carbons (Fsp3) is 1.00. The van der Waals surface area contributed by atoms with Crippen molar-refractivity contribution in [1.29, 1.82) is 0 Å². The summed E-state index contributed by atoms with van der Waals surface area (Å²) in [6, 6.07) is 1.63. The number of nitrogens with zero attached hydrogens (tertiary/aromatic N) is 1. The van der Waals surface area contributed by atoms with Gasteiger partial charge >= 0.3 is 0 Å². The smallest absolute Gasteiger partial charge is 0.0166 e. The molecule has 2 N–H and O–H groups in total. The molecular formula is C13H26N2. The summed E-state index contributed by atoms with van der Waals surface area (Å²) < 4.78 is 0. The van der Waals surface area contributed by atoms with Crippen LogP contribution in [0.5, 0.6) is 0 Å². The van der Waals surface area contributed by atoms with Gasteiger partial charge in [0.15, 0.2) is 0 Å². The lowest BCUT2D eigenvalue weighted by molar-refractivity contribution is 0.147. The van der Waals surface area contributed by atoms with Gasteiger partial charge < -0.3 is 5.73 Å². The maximum atomic E-state index is 6.29. The van der Waals surface area contributed by atoms with Crippen molar-refractivity contribution in [3.05, 3.63) is 0 Å². The van der Waals surface area contributed by atoms with Gasteiger partial charge in [0.2, 0.25) is 0 Å². The largest absolute Gasteiger partial charge is 0.325 e. The molecule has 0 aromatic heterocycles. The summed E-state index contributed by atoms with van der Waals surface area (Å²) in [5, 5.41) is 0. The second-order valence-corrected chi connectivity index (χ2v) is 5.69. The summed E-state index contributed by atoms with van der Waals surface area (Å²) >= 11 is 0. The molecule has 0 aromatic rings. The molecule has 88 valence electrons. The van der Waals surface area contributed by atoms with Gasteiger partial charge in [-0.3, -0.25) is 4.90 Å². The Hall–Kier alpha value is -0.0800. The lowest BCUT2D eigenvalue weighted by Gasteiger charge is -2.40. The number of hydrogen-bond acceptors (Lipinski definition) is 2. The first-order chi connectivity index (χ1) is 7.14. The molecule has 0 spiro atoms. The summed E-state index contributed by atoms with van der Waals surface area (Å²) in [5.74, 6) is 0. The highest BCUT2D eigenvalue weighted by atomic mass is 15.2. The average Bonchev–Trinajstić information content (AvgIpc) is 2.53. The predicted octanol–water partition coefficient (Wildman–Crippen LogP) is 2.52. The van der Waals surface area contributed by atoms with Crippen LogP contribution in [0.2, 0.25) is 0 Å². The van der Waals surface area contributed by atoms with E-state index in [4.69, 9.17) is 5.73 Å². The third-order valence-electron chi connectivity index (χ3n) is 4.64. The van der Waals surface area contributed by atoms with E-state index in [0.29, 0.717) is 0 Å². The maximum absolute atomic E-state index is 6.29. The molecule has 0 aromatic carbocycles. The highest BCUT2D eigenvalue weighted by Crippen LogP contribution is 2.34. The minimum atomic E-state index is 0.209. The SMILES string of the molecule is CCC1CCC(C)N1CCC1(N)CCC1. The van der Waals surface area contributed by atoms with Crippen LogP contribution < -0.4 is 5.73 Å². The van der Waals surface area contributed by atoms with Gasteiger partial charge in [-0.15, -0.1) is 0 Å². The van der Waals surface area contributed by atoms with Crippen LogP contribution in [0.4, 0.5) is 0 Å². The topological polar surface area (TPSA) is 29.3 Å². The van der Waals surface area contributed by atoms with E-state index in [-0.39, 0.29) is 5.54 Å². The van der Waals surface area contributed by atoms with Gasteiger partial charge in [-0.25, -0.2) is 0 Å². The van der Waals surface area contributed by atoms with E-state index in [2.05, 4.69) is 18.7 Å². The Balaban J connectivity index is 1.81. The van der Waals surface area contributed by atoms with Crippen molar-refractivity contribution in [3.8, 4) is 0 Å². The second kappa shape index (κ2) is 4.42. The summed E-state index contributed by atoms with van der Waals surface area (Å²) in [6.45, 7) is 5.92. The molecular weight excluding hydrogens is 184 g/mol. The third kappa shape index (κ3) is 2.36. The average molecular weight is 210 g/mol. The van der Waals surface area contributed by atoms with E-state index >= 15 is 0 Å². The van der Waals surface area contributed by atoms with Crippen molar-refractivity contribution in [2.75, 3.05) is 6.54 Å². The zero-order valence-electron chi connectivity index (χ0n) is 10.3. The van der Waals surface area contributed by atoms with E-state index in [0.717, 1.165) is 12.1 Å². The first-order valence-electron chi connectivity index (χ1n) is 6.69. The third-order valence-corrected chi connectivity index (χ3v) is 4.64. The molecule has 0 amide bonds. The molecule has 2 nitrogen and oxygen atoms in total. The second-order valence-electron chi connectivity index (χ2n) is 5.69. The van der Waals surface area contributed by atoms with Crippen molar-refractivity contribution < 1.29 is 0 Å². The van der Waals surface area contributed by atoms with E-state index in [9.17, 15) is 0 Å².